The lowest BCUT2D eigenvalue weighted by Crippen LogP contribution is -2.51. The number of carbonyl (C=O) groups excluding carboxylic acids is 4. The van der Waals surface area contributed by atoms with Gasteiger partial charge in [0.1, 0.15) is 6.04 Å². The van der Waals surface area contributed by atoms with Gasteiger partial charge >= 0.3 is 18.3 Å². The summed E-state index contributed by atoms with van der Waals surface area (Å²) >= 11 is 0. The average Bonchev–Trinajstić information content (AvgIpc) is 3.11. The van der Waals surface area contributed by atoms with Crippen molar-refractivity contribution in [1.29, 1.82) is 0 Å². The molecule has 0 fully saturated rings. The number of hydrogen-bond donors (Lipinski definition) is 3. The molecule has 16 heteroatoms. The number of nitrogens with one attached hydrogen (secondary N) is 1. The topological polar surface area (TPSA) is 157 Å². The van der Waals surface area contributed by atoms with Gasteiger partial charge in [-0.1, -0.05) is 62.4 Å². The molecular weight excluding hydrogens is 648 g/mol. The number of fused-ring (bicyclic) bond motifs is 1. The molecule has 3 rings (SSSR count). The van der Waals surface area contributed by atoms with Gasteiger partial charge in [0.05, 0.1) is 11.4 Å². The Kier molecular flexibility index (Phi) is 12.7. The number of rotatable bonds is 14. The molecule has 0 aliphatic carbocycles. The normalized spacial score (nSPS) is 17.1. The molecule has 0 aromatic heterocycles. The number of aliphatic imine (C=N–C) groups is 1. The van der Waals surface area contributed by atoms with E-state index in [4.69, 9.17) is 16.2 Å². The number of carbonyl (C=O) groups is 4. The van der Waals surface area contributed by atoms with Crippen LogP contribution in [0.25, 0.3) is 0 Å². The highest BCUT2D eigenvalue weighted by Gasteiger charge is 2.40. The van der Waals surface area contributed by atoms with E-state index in [1.54, 1.807) is 62.4 Å². The van der Waals surface area contributed by atoms with E-state index in [9.17, 15) is 45.5 Å². The van der Waals surface area contributed by atoms with E-state index < -0.39 is 98.9 Å². The van der Waals surface area contributed by atoms with Gasteiger partial charge in [0.2, 0.25) is 18.0 Å². The molecule has 1 aliphatic heterocycles. The molecule has 0 bridgehead atoms. The Balaban J connectivity index is 2.07. The number of amides is 3. The largest absolute Gasteiger partial charge is 0.443 e. The number of esters is 1. The van der Waals surface area contributed by atoms with Crippen LogP contribution in [0.3, 0.4) is 0 Å². The van der Waals surface area contributed by atoms with E-state index in [2.05, 4.69) is 10.3 Å². The van der Waals surface area contributed by atoms with Crippen molar-refractivity contribution in [2.75, 3.05) is 11.6 Å². The molecule has 2 aromatic rings. The maximum atomic E-state index is 14.1. The fourth-order valence-corrected chi connectivity index (χ4v) is 5.12. The summed E-state index contributed by atoms with van der Waals surface area (Å²) in [5.74, 6) is -8.21. The summed E-state index contributed by atoms with van der Waals surface area (Å²) < 4.78 is 83.6. The van der Waals surface area contributed by atoms with Gasteiger partial charge in [-0.15, -0.1) is 0 Å². The van der Waals surface area contributed by atoms with Crippen molar-refractivity contribution >= 4 is 35.1 Å². The molecule has 5 N–H and O–H groups in total. The highest BCUT2D eigenvalue weighted by atomic mass is 19.4. The number of nitrogens with zero attached hydrogens (tertiary/aromatic N) is 2. The number of nitrogens with two attached hydrogens (primary N) is 2. The zero-order chi connectivity index (χ0) is 35.8. The third-order valence-electron chi connectivity index (χ3n) is 7.76. The van der Waals surface area contributed by atoms with E-state index in [0.717, 1.165) is 4.90 Å². The number of primary amides is 1. The van der Waals surface area contributed by atoms with Gasteiger partial charge in [0.15, 0.2) is 6.73 Å². The lowest BCUT2D eigenvalue weighted by molar-refractivity contribution is -0.147. The Morgan fingerprint density at radius 1 is 0.917 bits per heavy atom. The smallest absolute Gasteiger partial charge is 0.389 e. The van der Waals surface area contributed by atoms with Crippen LogP contribution in [0, 0.1) is 17.8 Å². The van der Waals surface area contributed by atoms with Crippen molar-refractivity contribution in [3.63, 3.8) is 0 Å². The van der Waals surface area contributed by atoms with Gasteiger partial charge in [-0.3, -0.25) is 24.1 Å². The number of anilines is 1. The zero-order valence-corrected chi connectivity index (χ0v) is 26.2. The van der Waals surface area contributed by atoms with Crippen molar-refractivity contribution in [1.82, 2.24) is 5.32 Å². The van der Waals surface area contributed by atoms with Crippen molar-refractivity contribution in [2.24, 2.45) is 34.2 Å². The van der Waals surface area contributed by atoms with Crippen LogP contribution in [-0.4, -0.2) is 60.7 Å². The summed E-state index contributed by atoms with van der Waals surface area (Å²) in [6, 6.07) is 13.8. The maximum Gasteiger partial charge on any atom is 0.389 e. The van der Waals surface area contributed by atoms with Crippen molar-refractivity contribution < 1.29 is 50.3 Å². The number of para-hydroxylation sites is 1. The van der Waals surface area contributed by atoms with Crippen molar-refractivity contribution in [3.05, 3.63) is 65.7 Å². The van der Waals surface area contributed by atoms with Crippen LogP contribution < -0.4 is 21.7 Å². The molecule has 1 heterocycles. The monoisotopic (exact) mass is 685 g/mol. The molecule has 0 saturated heterocycles. The lowest BCUT2D eigenvalue weighted by Gasteiger charge is -2.28. The minimum Gasteiger partial charge on any atom is -0.443 e. The molecule has 0 radical (unpaired) electrons. The molecule has 1 aliphatic rings. The molecule has 3 amide bonds. The summed E-state index contributed by atoms with van der Waals surface area (Å²) in [6.45, 7) is 2.69. The highest BCUT2D eigenvalue weighted by molar-refractivity contribution is 6.20. The summed E-state index contributed by atoms with van der Waals surface area (Å²) in [5.41, 5.74) is 12.5. The molecule has 262 valence electrons. The molecule has 4 atom stereocenters. The van der Waals surface area contributed by atoms with E-state index in [1.165, 1.54) is 6.07 Å². The number of ether oxygens (including phenoxy) is 1. The molecule has 0 spiro atoms. The van der Waals surface area contributed by atoms with Gasteiger partial charge in [-0.05, 0) is 31.2 Å². The summed E-state index contributed by atoms with van der Waals surface area (Å²) in [4.78, 5) is 58.2. The molecular formula is C32H37F6N5O5. The number of benzodiazepines with no additional fused rings is 1. The predicted molar refractivity (Wildman–Crippen MR) is 163 cm³/mol. The van der Waals surface area contributed by atoms with E-state index in [0.29, 0.717) is 11.1 Å². The predicted octanol–water partition coefficient (Wildman–Crippen LogP) is 4.59. The highest BCUT2D eigenvalue weighted by Crippen LogP contribution is 2.33. The fourth-order valence-electron chi connectivity index (χ4n) is 5.12. The van der Waals surface area contributed by atoms with Crippen molar-refractivity contribution in [2.45, 2.75) is 70.5 Å². The minimum absolute atomic E-state index is 0.190. The number of alkyl halides is 6. The third-order valence-corrected chi connectivity index (χ3v) is 7.76. The van der Waals surface area contributed by atoms with E-state index in [-0.39, 0.29) is 17.3 Å². The first-order valence-corrected chi connectivity index (χ1v) is 15.1. The Bertz CT molecular complexity index is 1480. The Labute approximate surface area is 272 Å². The van der Waals surface area contributed by atoms with Gasteiger partial charge in [-0.25, -0.2) is 4.99 Å². The Hall–Kier alpha value is -4.47. The first kappa shape index (κ1) is 38.0. The standard InChI is InChI=1S/C32H37F6N5O5/c1-18(2)24(39)30(47)48-17-43-23-13-7-6-11-22(23)25(19-9-4-3-5-10-19)41-27(29(43)46)42-28(45)21(12-8-15-31(33,34)35)20(26(40)44)14-16-32(36,37)38/h3-7,9-11,13,18,20-21,24,27H,8,12,14-17,39H2,1-2H3,(H2,40,44)(H,42,45). The molecule has 2 aromatic carbocycles. The fraction of sp³-hybridized carbons (Fsp3) is 0.469. The molecule has 48 heavy (non-hydrogen) atoms. The first-order chi connectivity index (χ1) is 22.4. The molecule has 4 unspecified atom stereocenters. The average molecular weight is 686 g/mol. The van der Waals surface area contributed by atoms with Crippen LogP contribution in [-0.2, 0) is 23.9 Å². The van der Waals surface area contributed by atoms with Crippen LogP contribution >= 0.6 is 0 Å². The third kappa shape index (κ3) is 10.5. The van der Waals surface area contributed by atoms with E-state index >= 15 is 0 Å². The second-order valence-corrected chi connectivity index (χ2v) is 11.7. The summed E-state index contributed by atoms with van der Waals surface area (Å²) in [6.07, 6.45) is -16.5. The van der Waals surface area contributed by atoms with Crippen LogP contribution in [0.4, 0.5) is 32.0 Å². The second-order valence-electron chi connectivity index (χ2n) is 11.7. The van der Waals surface area contributed by atoms with Crippen LogP contribution in [0.5, 0.6) is 0 Å². The van der Waals surface area contributed by atoms with Crippen molar-refractivity contribution in [3.8, 4) is 0 Å². The quantitative estimate of drug-likeness (QED) is 0.195. The molecule has 0 saturated carbocycles. The van der Waals surface area contributed by atoms with E-state index in [1.807, 2.05) is 0 Å². The first-order valence-electron chi connectivity index (χ1n) is 15.1. The lowest BCUT2D eigenvalue weighted by atomic mass is 9.83. The number of benzene rings is 2. The van der Waals surface area contributed by atoms with Gasteiger partial charge < -0.3 is 21.5 Å². The molecule has 10 nitrogen and oxygen atoms in total. The van der Waals surface area contributed by atoms with Gasteiger partial charge in [-0.2, -0.15) is 26.3 Å². The number of halogens is 6. The summed E-state index contributed by atoms with van der Waals surface area (Å²) in [5, 5.41) is 2.33. The van der Waals surface area contributed by atoms with Gasteiger partial charge in [0.25, 0.3) is 5.91 Å². The number of hydrogen-bond acceptors (Lipinski definition) is 7. The second kappa shape index (κ2) is 16.1. The maximum absolute atomic E-state index is 14.1. The van der Waals surface area contributed by atoms with Crippen LogP contribution in [0.1, 0.15) is 57.1 Å². The summed E-state index contributed by atoms with van der Waals surface area (Å²) in [7, 11) is 0. The zero-order valence-electron chi connectivity index (χ0n) is 26.2. The SMILES string of the molecule is CC(C)C(N)C(=O)OCN1C(=O)C(NC(=O)C(CCCC(F)(F)F)C(CCC(F)(F)F)C(N)=O)N=C(c2ccccc2)c2ccccc21. The Morgan fingerprint density at radius 3 is 2.10 bits per heavy atom. The minimum atomic E-state index is -4.76. The van der Waals surface area contributed by atoms with Gasteiger partial charge in [0, 0.05) is 35.8 Å². The Morgan fingerprint density at radius 2 is 1.52 bits per heavy atom. The van der Waals surface area contributed by atoms with Crippen LogP contribution in [0.15, 0.2) is 59.6 Å². The van der Waals surface area contributed by atoms with Crippen LogP contribution in [0.2, 0.25) is 0 Å².